The maximum Gasteiger partial charge on any atom is 0.202 e. The Morgan fingerprint density at radius 1 is 1.75 bits per heavy atom. The smallest absolute Gasteiger partial charge is 0.202 e. The Bertz CT molecular complexity index is 173. The van der Waals surface area contributed by atoms with Crippen LogP contribution in [0.15, 0.2) is 6.20 Å². The number of aryl methyl sites for hydroxylation is 2. The fourth-order valence-electron chi connectivity index (χ4n) is 0.587. The van der Waals surface area contributed by atoms with Crippen LogP contribution in [0.25, 0.3) is 0 Å². The summed E-state index contributed by atoms with van der Waals surface area (Å²) in [6.45, 7) is 1.91. The molecular formula is C5H7ClN2. The molecule has 2 nitrogen and oxygen atoms in total. The van der Waals surface area contributed by atoms with E-state index in [4.69, 9.17) is 11.6 Å². The number of aromatic nitrogens is 2. The van der Waals surface area contributed by atoms with Gasteiger partial charge in [0.25, 0.3) is 0 Å². The minimum atomic E-state index is 0.544. The molecule has 0 amide bonds. The highest BCUT2D eigenvalue weighted by atomic mass is 35.5. The summed E-state index contributed by atoms with van der Waals surface area (Å²) in [5.41, 5.74) is 0.956. The number of hydrogen-bond acceptors (Lipinski definition) is 1. The largest absolute Gasteiger partial charge is 0.325 e. The van der Waals surface area contributed by atoms with Gasteiger partial charge in [-0.1, -0.05) is 0 Å². The molecule has 0 fully saturated rings. The Kier molecular flexibility index (Phi) is 1.26. The third kappa shape index (κ3) is 0.842. The van der Waals surface area contributed by atoms with Crippen LogP contribution in [-0.2, 0) is 7.05 Å². The van der Waals surface area contributed by atoms with Gasteiger partial charge in [-0.3, -0.25) is 0 Å². The highest BCUT2D eigenvalue weighted by Crippen LogP contribution is 2.04. The molecule has 1 heterocycles. The van der Waals surface area contributed by atoms with Crippen LogP contribution < -0.4 is 0 Å². The SMILES string of the molecule is Cc1cn(C)c(Cl)n1. The van der Waals surface area contributed by atoms with Gasteiger partial charge in [-0.25, -0.2) is 4.98 Å². The first-order valence-electron chi connectivity index (χ1n) is 2.35. The van der Waals surface area contributed by atoms with E-state index in [0.717, 1.165) is 5.69 Å². The molecule has 1 aromatic rings. The molecule has 1 aromatic heterocycles. The predicted octanol–water partition coefficient (Wildman–Crippen LogP) is 1.38. The molecule has 0 aliphatic heterocycles. The van der Waals surface area contributed by atoms with Crippen molar-refractivity contribution in [1.82, 2.24) is 9.55 Å². The van der Waals surface area contributed by atoms with Crippen LogP contribution in [0.5, 0.6) is 0 Å². The summed E-state index contributed by atoms with van der Waals surface area (Å²) in [5.74, 6) is 0. The molecule has 0 aliphatic rings. The van der Waals surface area contributed by atoms with Crippen LogP contribution >= 0.6 is 11.6 Å². The quantitative estimate of drug-likeness (QED) is 0.519. The first kappa shape index (κ1) is 5.63. The predicted molar refractivity (Wildman–Crippen MR) is 33.0 cm³/mol. The van der Waals surface area contributed by atoms with Crippen LogP contribution in [0.1, 0.15) is 5.69 Å². The van der Waals surface area contributed by atoms with Gasteiger partial charge in [-0.05, 0) is 18.5 Å². The van der Waals surface area contributed by atoms with Crippen molar-refractivity contribution in [2.24, 2.45) is 7.05 Å². The van der Waals surface area contributed by atoms with Crippen molar-refractivity contribution < 1.29 is 0 Å². The maximum atomic E-state index is 5.58. The number of nitrogens with zero attached hydrogens (tertiary/aromatic N) is 2. The van der Waals surface area contributed by atoms with Crippen molar-refractivity contribution in [3.8, 4) is 0 Å². The lowest BCUT2D eigenvalue weighted by Gasteiger charge is -1.84. The monoisotopic (exact) mass is 130 g/mol. The van der Waals surface area contributed by atoms with Gasteiger partial charge in [0, 0.05) is 13.2 Å². The highest BCUT2D eigenvalue weighted by Gasteiger charge is 1.94. The van der Waals surface area contributed by atoms with Crippen LogP contribution in [0.2, 0.25) is 5.28 Å². The second kappa shape index (κ2) is 1.78. The van der Waals surface area contributed by atoms with Gasteiger partial charge >= 0.3 is 0 Å². The Hall–Kier alpha value is -0.500. The van der Waals surface area contributed by atoms with E-state index in [9.17, 15) is 0 Å². The summed E-state index contributed by atoms with van der Waals surface area (Å²) in [6.07, 6.45) is 1.88. The normalized spacial score (nSPS) is 9.88. The molecule has 0 N–H and O–H groups in total. The summed E-state index contributed by atoms with van der Waals surface area (Å²) >= 11 is 5.58. The summed E-state index contributed by atoms with van der Waals surface area (Å²) in [6, 6.07) is 0. The zero-order chi connectivity index (χ0) is 6.15. The summed E-state index contributed by atoms with van der Waals surface area (Å²) in [7, 11) is 1.86. The van der Waals surface area contributed by atoms with Gasteiger partial charge in [0.1, 0.15) is 0 Å². The van der Waals surface area contributed by atoms with Crippen molar-refractivity contribution in [2.45, 2.75) is 6.92 Å². The lowest BCUT2D eigenvalue weighted by molar-refractivity contribution is 0.914. The standard InChI is InChI=1S/C5H7ClN2/c1-4-3-8(2)5(6)7-4/h3H,1-2H3. The second-order valence-corrected chi connectivity index (χ2v) is 2.10. The number of rotatable bonds is 0. The lowest BCUT2D eigenvalue weighted by Crippen LogP contribution is -1.81. The summed E-state index contributed by atoms with van der Waals surface area (Å²) in [5, 5.41) is 0.544. The van der Waals surface area contributed by atoms with E-state index in [1.54, 1.807) is 4.57 Å². The van der Waals surface area contributed by atoms with Crippen molar-refractivity contribution >= 4 is 11.6 Å². The molecule has 8 heavy (non-hydrogen) atoms. The topological polar surface area (TPSA) is 17.8 Å². The molecule has 3 heteroatoms. The zero-order valence-corrected chi connectivity index (χ0v) is 5.61. The molecular weight excluding hydrogens is 124 g/mol. The lowest BCUT2D eigenvalue weighted by atomic mass is 10.6. The van der Waals surface area contributed by atoms with Gasteiger partial charge in [0.05, 0.1) is 5.69 Å². The molecule has 44 valence electrons. The molecule has 0 saturated heterocycles. The highest BCUT2D eigenvalue weighted by molar-refractivity contribution is 6.28. The minimum absolute atomic E-state index is 0.544. The van der Waals surface area contributed by atoms with E-state index >= 15 is 0 Å². The minimum Gasteiger partial charge on any atom is -0.325 e. The van der Waals surface area contributed by atoms with Crippen LogP contribution in [0, 0.1) is 6.92 Å². The van der Waals surface area contributed by atoms with Gasteiger partial charge in [0.15, 0.2) is 0 Å². The van der Waals surface area contributed by atoms with Crippen LogP contribution in [0.3, 0.4) is 0 Å². The first-order chi connectivity index (χ1) is 3.70. The Balaban J connectivity index is 3.14. The summed E-state index contributed by atoms with van der Waals surface area (Å²) < 4.78 is 1.77. The molecule has 0 atom stereocenters. The first-order valence-corrected chi connectivity index (χ1v) is 2.73. The fourth-order valence-corrected chi connectivity index (χ4v) is 0.769. The zero-order valence-electron chi connectivity index (χ0n) is 4.85. The van der Waals surface area contributed by atoms with E-state index in [2.05, 4.69) is 4.98 Å². The molecule has 0 aromatic carbocycles. The average molecular weight is 131 g/mol. The third-order valence-corrected chi connectivity index (χ3v) is 1.29. The maximum absolute atomic E-state index is 5.58. The molecule has 0 aliphatic carbocycles. The van der Waals surface area contributed by atoms with Crippen molar-refractivity contribution in [2.75, 3.05) is 0 Å². The third-order valence-electron chi connectivity index (χ3n) is 0.940. The van der Waals surface area contributed by atoms with Gasteiger partial charge < -0.3 is 4.57 Å². The molecule has 0 radical (unpaired) electrons. The molecule has 1 rings (SSSR count). The molecule has 0 unspecified atom stereocenters. The summed E-state index contributed by atoms with van der Waals surface area (Å²) in [4.78, 5) is 3.94. The van der Waals surface area contributed by atoms with Crippen molar-refractivity contribution in [3.63, 3.8) is 0 Å². The fraction of sp³-hybridized carbons (Fsp3) is 0.400. The van der Waals surface area contributed by atoms with E-state index in [1.165, 1.54) is 0 Å². The van der Waals surface area contributed by atoms with Crippen molar-refractivity contribution in [3.05, 3.63) is 17.2 Å². The van der Waals surface area contributed by atoms with Crippen LogP contribution in [-0.4, -0.2) is 9.55 Å². The van der Waals surface area contributed by atoms with E-state index < -0.39 is 0 Å². The van der Waals surface area contributed by atoms with Gasteiger partial charge in [0.2, 0.25) is 5.28 Å². The number of halogens is 1. The van der Waals surface area contributed by atoms with Gasteiger partial charge in [-0.2, -0.15) is 0 Å². The average Bonchev–Trinajstić information content (AvgIpc) is 1.85. The number of hydrogen-bond donors (Lipinski definition) is 0. The van der Waals surface area contributed by atoms with E-state index in [1.807, 2.05) is 20.2 Å². The Morgan fingerprint density at radius 3 is 2.50 bits per heavy atom. The molecule has 0 saturated carbocycles. The van der Waals surface area contributed by atoms with E-state index in [-0.39, 0.29) is 0 Å². The molecule has 0 spiro atoms. The Labute approximate surface area is 53.1 Å². The van der Waals surface area contributed by atoms with Crippen LogP contribution in [0.4, 0.5) is 0 Å². The molecule has 0 bridgehead atoms. The van der Waals surface area contributed by atoms with Gasteiger partial charge in [-0.15, -0.1) is 0 Å². The van der Waals surface area contributed by atoms with Crippen molar-refractivity contribution in [1.29, 1.82) is 0 Å². The number of imidazole rings is 1. The van der Waals surface area contributed by atoms with E-state index in [0.29, 0.717) is 5.28 Å². The second-order valence-electron chi connectivity index (χ2n) is 1.76. The Morgan fingerprint density at radius 2 is 2.38 bits per heavy atom.